The first-order valence-corrected chi connectivity index (χ1v) is 6.59. The van der Waals surface area contributed by atoms with Gasteiger partial charge in [-0.2, -0.15) is 4.98 Å². The molecule has 0 radical (unpaired) electrons. The van der Waals surface area contributed by atoms with Gasteiger partial charge in [0.05, 0.1) is 11.4 Å². The number of ether oxygens (including phenoxy) is 1. The smallest absolute Gasteiger partial charge is 0.224 e. The number of nitrogens with zero attached hydrogens (tertiary/aromatic N) is 2. The minimum absolute atomic E-state index is 0.225. The van der Waals surface area contributed by atoms with Crippen LogP contribution < -0.4 is 11.1 Å². The Morgan fingerprint density at radius 2 is 2.06 bits per heavy atom. The van der Waals surface area contributed by atoms with Crippen LogP contribution in [0.25, 0.3) is 0 Å². The van der Waals surface area contributed by atoms with E-state index in [1.807, 2.05) is 6.92 Å². The van der Waals surface area contributed by atoms with Crippen molar-refractivity contribution >= 4 is 23.1 Å². The SMILES string of the molecule is Cc1nc(Cl)nc(NC(C)C2CCOCC2)c1N. The normalized spacial score (nSPS) is 18.6. The van der Waals surface area contributed by atoms with Gasteiger partial charge in [-0.3, -0.25) is 0 Å². The van der Waals surface area contributed by atoms with Crippen molar-refractivity contribution in [2.45, 2.75) is 32.7 Å². The lowest BCUT2D eigenvalue weighted by atomic mass is 9.93. The topological polar surface area (TPSA) is 73.1 Å². The second kappa shape index (κ2) is 5.71. The molecule has 0 aliphatic carbocycles. The van der Waals surface area contributed by atoms with Gasteiger partial charge in [0.25, 0.3) is 0 Å². The molecule has 1 aliphatic heterocycles. The van der Waals surface area contributed by atoms with Crippen molar-refractivity contribution in [1.29, 1.82) is 0 Å². The molecule has 0 aromatic carbocycles. The molecule has 1 unspecified atom stereocenters. The lowest BCUT2D eigenvalue weighted by Gasteiger charge is -2.29. The second-order valence-electron chi connectivity index (χ2n) is 4.72. The maximum Gasteiger partial charge on any atom is 0.224 e. The van der Waals surface area contributed by atoms with Gasteiger partial charge in [-0.05, 0) is 44.2 Å². The van der Waals surface area contributed by atoms with Crippen LogP contribution in [0.2, 0.25) is 5.28 Å². The van der Waals surface area contributed by atoms with Crippen LogP contribution in [0.3, 0.4) is 0 Å². The summed E-state index contributed by atoms with van der Waals surface area (Å²) >= 11 is 5.85. The van der Waals surface area contributed by atoms with E-state index in [9.17, 15) is 0 Å². The molecule has 0 bridgehead atoms. The van der Waals surface area contributed by atoms with Crippen molar-refractivity contribution in [3.8, 4) is 0 Å². The molecule has 18 heavy (non-hydrogen) atoms. The lowest BCUT2D eigenvalue weighted by molar-refractivity contribution is 0.0622. The van der Waals surface area contributed by atoms with Crippen LogP contribution in [0, 0.1) is 12.8 Å². The first kappa shape index (κ1) is 13.4. The van der Waals surface area contributed by atoms with Gasteiger partial charge in [0.2, 0.25) is 5.28 Å². The van der Waals surface area contributed by atoms with Crippen molar-refractivity contribution in [1.82, 2.24) is 9.97 Å². The molecule has 3 N–H and O–H groups in total. The fourth-order valence-corrected chi connectivity index (χ4v) is 2.42. The van der Waals surface area contributed by atoms with Crippen LogP contribution in [-0.4, -0.2) is 29.2 Å². The van der Waals surface area contributed by atoms with Crippen LogP contribution in [0.5, 0.6) is 0 Å². The van der Waals surface area contributed by atoms with E-state index in [1.165, 1.54) is 0 Å². The number of anilines is 2. The zero-order valence-corrected chi connectivity index (χ0v) is 11.5. The Hall–Kier alpha value is -1.07. The van der Waals surface area contributed by atoms with E-state index in [-0.39, 0.29) is 5.28 Å². The third-order valence-corrected chi connectivity index (χ3v) is 3.62. The van der Waals surface area contributed by atoms with E-state index in [2.05, 4.69) is 22.2 Å². The molecule has 1 aliphatic rings. The minimum Gasteiger partial charge on any atom is -0.394 e. The van der Waals surface area contributed by atoms with Crippen molar-refractivity contribution in [2.24, 2.45) is 5.92 Å². The Bertz CT molecular complexity index is 421. The molecule has 2 rings (SSSR count). The minimum atomic E-state index is 0.225. The van der Waals surface area contributed by atoms with Crippen LogP contribution in [0.4, 0.5) is 11.5 Å². The van der Waals surface area contributed by atoms with Gasteiger partial charge < -0.3 is 15.8 Å². The summed E-state index contributed by atoms with van der Waals surface area (Å²) < 4.78 is 5.36. The summed E-state index contributed by atoms with van der Waals surface area (Å²) in [6.07, 6.45) is 2.12. The zero-order chi connectivity index (χ0) is 13.1. The molecule has 1 atom stereocenters. The molecule has 0 saturated carbocycles. The molecule has 1 aromatic rings. The molecule has 1 aromatic heterocycles. The molecule has 1 fully saturated rings. The van der Waals surface area contributed by atoms with E-state index in [4.69, 9.17) is 22.1 Å². The zero-order valence-electron chi connectivity index (χ0n) is 10.7. The number of halogens is 1. The van der Waals surface area contributed by atoms with Crippen molar-refractivity contribution in [3.63, 3.8) is 0 Å². The molecule has 2 heterocycles. The number of nitrogens with two attached hydrogens (primary N) is 1. The maximum atomic E-state index is 5.96. The van der Waals surface area contributed by atoms with Crippen LogP contribution in [-0.2, 0) is 4.74 Å². The fraction of sp³-hybridized carbons (Fsp3) is 0.667. The monoisotopic (exact) mass is 270 g/mol. The van der Waals surface area contributed by atoms with Gasteiger partial charge in [-0.25, -0.2) is 4.98 Å². The van der Waals surface area contributed by atoms with Gasteiger partial charge in [0.1, 0.15) is 0 Å². The molecule has 0 spiro atoms. The van der Waals surface area contributed by atoms with Crippen molar-refractivity contribution in [3.05, 3.63) is 11.0 Å². The summed E-state index contributed by atoms with van der Waals surface area (Å²) in [6, 6.07) is 0.293. The summed E-state index contributed by atoms with van der Waals surface area (Å²) in [5.41, 5.74) is 7.23. The third-order valence-electron chi connectivity index (χ3n) is 3.45. The van der Waals surface area contributed by atoms with Crippen LogP contribution in [0.1, 0.15) is 25.5 Å². The van der Waals surface area contributed by atoms with E-state index in [0.717, 1.165) is 26.1 Å². The molecule has 5 nitrogen and oxygen atoms in total. The van der Waals surface area contributed by atoms with E-state index < -0.39 is 0 Å². The number of hydrogen-bond donors (Lipinski definition) is 2. The summed E-state index contributed by atoms with van der Waals surface area (Å²) in [6.45, 7) is 5.62. The highest BCUT2D eigenvalue weighted by Crippen LogP contribution is 2.25. The van der Waals surface area contributed by atoms with E-state index in [0.29, 0.717) is 29.2 Å². The highest BCUT2D eigenvalue weighted by Gasteiger charge is 2.21. The summed E-state index contributed by atoms with van der Waals surface area (Å²) in [4.78, 5) is 8.18. The lowest BCUT2D eigenvalue weighted by Crippen LogP contribution is -2.31. The van der Waals surface area contributed by atoms with Crippen LogP contribution in [0.15, 0.2) is 0 Å². The Kier molecular flexibility index (Phi) is 4.24. The molecule has 1 saturated heterocycles. The maximum absolute atomic E-state index is 5.96. The molecular weight excluding hydrogens is 252 g/mol. The standard InChI is InChI=1S/C12H19ClN4O/c1-7(9-3-5-18-6-4-9)15-11-10(14)8(2)16-12(13)17-11/h7,9H,3-6,14H2,1-2H3,(H,15,16,17). The largest absolute Gasteiger partial charge is 0.394 e. The highest BCUT2D eigenvalue weighted by atomic mass is 35.5. The van der Waals surface area contributed by atoms with E-state index >= 15 is 0 Å². The highest BCUT2D eigenvalue weighted by molar-refractivity contribution is 6.28. The number of aryl methyl sites for hydroxylation is 1. The third kappa shape index (κ3) is 3.03. The predicted molar refractivity (Wildman–Crippen MR) is 72.8 cm³/mol. The summed E-state index contributed by atoms with van der Waals surface area (Å²) in [5.74, 6) is 1.21. The number of aromatic nitrogens is 2. The molecule has 6 heteroatoms. The average molecular weight is 271 g/mol. The Morgan fingerprint density at radius 1 is 1.39 bits per heavy atom. The predicted octanol–water partition coefficient (Wildman–Crippen LogP) is 2.25. The molecule has 0 amide bonds. The van der Waals surface area contributed by atoms with Crippen LogP contribution >= 0.6 is 11.6 Å². The van der Waals surface area contributed by atoms with Gasteiger partial charge in [0.15, 0.2) is 5.82 Å². The van der Waals surface area contributed by atoms with Crippen molar-refractivity contribution < 1.29 is 4.74 Å². The number of hydrogen-bond acceptors (Lipinski definition) is 5. The number of nitrogens with one attached hydrogen (secondary N) is 1. The molecule has 100 valence electrons. The number of rotatable bonds is 3. The number of nitrogen functional groups attached to an aromatic ring is 1. The Balaban J connectivity index is 2.08. The van der Waals surface area contributed by atoms with E-state index in [1.54, 1.807) is 0 Å². The first-order chi connectivity index (χ1) is 8.58. The quantitative estimate of drug-likeness (QED) is 0.824. The Morgan fingerprint density at radius 3 is 2.72 bits per heavy atom. The first-order valence-electron chi connectivity index (χ1n) is 6.22. The van der Waals surface area contributed by atoms with Crippen molar-refractivity contribution in [2.75, 3.05) is 24.3 Å². The average Bonchev–Trinajstić information content (AvgIpc) is 2.36. The van der Waals surface area contributed by atoms with Gasteiger partial charge in [-0.15, -0.1) is 0 Å². The van der Waals surface area contributed by atoms with Gasteiger partial charge in [-0.1, -0.05) is 0 Å². The Labute approximate surface area is 112 Å². The summed E-state index contributed by atoms with van der Waals surface area (Å²) in [7, 11) is 0. The molecular formula is C12H19ClN4O. The second-order valence-corrected chi connectivity index (χ2v) is 5.06. The van der Waals surface area contributed by atoms with Gasteiger partial charge >= 0.3 is 0 Å². The van der Waals surface area contributed by atoms with Gasteiger partial charge in [0, 0.05) is 19.3 Å². The fourth-order valence-electron chi connectivity index (χ4n) is 2.21. The summed E-state index contributed by atoms with van der Waals surface area (Å²) in [5, 5.41) is 3.57.